The number of hydrazine groups is 1. The summed E-state index contributed by atoms with van der Waals surface area (Å²) in [4.78, 5) is 10.8. The van der Waals surface area contributed by atoms with Crippen LogP contribution in [0.3, 0.4) is 0 Å². The van der Waals surface area contributed by atoms with Crippen LogP contribution in [0.2, 0.25) is 0 Å². The number of nitrogens with one attached hydrogen (secondary N) is 1. The van der Waals surface area contributed by atoms with Crippen LogP contribution >= 0.6 is 0 Å². The zero-order valence-electron chi connectivity index (χ0n) is 9.79. The zero-order valence-corrected chi connectivity index (χ0v) is 9.79. The highest BCUT2D eigenvalue weighted by Gasteiger charge is 2.30. The van der Waals surface area contributed by atoms with E-state index in [1.165, 1.54) is 20.0 Å². The van der Waals surface area contributed by atoms with Crippen molar-refractivity contribution in [1.29, 1.82) is 0 Å². The first-order valence-corrected chi connectivity index (χ1v) is 5.87. The average Bonchev–Trinajstić information content (AvgIpc) is 2.96. The SMILES string of the molecule is CCCC1NN1CCCCCC(=O)OC. The molecule has 0 spiro atoms. The van der Waals surface area contributed by atoms with Gasteiger partial charge in [-0.05, 0) is 19.3 Å². The van der Waals surface area contributed by atoms with Gasteiger partial charge in [-0.3, -0.25) is 4.79 Å². The maximum atomic E-state index is 10.8. The van der Waals surface area contributed by atoms with Crippen LogP contribution in [0, 0.1) is 0 Å². The quantitative estimate of drug-likeness (QED) is 0.379. The summed E-state index contributed by atoms with van der Waals surface area (Å²) in [5.74, 6) is -0.0938. The molecule has 1 fully saturated rings. The number of methoxy groups -OCH3 is 1. The maximum Gasteiger partial charge on any atom is 0.305 e. The molecule has 88 valence electrons. The standard InChI is InChI=1S/C11H22N2O2/c1-3-7-10-12-13(10)9-6-4-5-8-11(14)15-2/h10,12H,3-9H2,1-2H3. The number of hydrogen-bond donors (Lipinski definition) is 1. The fourth-order valence-electron chi connectivity index (χ4n) is 1.70. The second kappa shape index (κ2) is 6.80. The maximum absolute atomic E-state index is 10.8. The minimum atomic E-state index is -0.0938. The van der Waals surface area contributed by atoms with Gasteiger partial charge in [-0.2, -0.15) is 0 Å². The highest BCUT2D eigenvalue weighted by atomic mass is 16.5. The Morgan fingerprint density at radius 3 is 2.87 bits per heavy atom. The van der Waals surface area contributed by atoms with Gasteiger partial charge < -0.3 is 4.74 Å². The summed E-state index contributed by atoms with van der Waals surface area (Å²) in [7, 11) is 1.44. The highest BCUT2D eigenvalue weighted by Crippen LogP contribution is 2.15. The molecule has 2 unspecified atom stereocenters. The van der Waals surface area contributed by atoms with E-state index in [9.17, 15) is 4.79 Å². The summed E-state index contributed by atoms with van der Waals surface area (Å²) in [6.07, 6.45) is 6.85. The van der Waals surface area contributed by atoms with Crippen LogP contribution in [0.1, 0.15) is 45.4 Å². The summed E-state index contributed by atoms with van der Waals surface area (Å²) < 4.78 is 4.58. The van der Waals surface area contributed by atoms with E-state index in [2.05, 4.69) is 22.1 Å². The van der Waals surface area contributed by atoms with Gasteiger partial charge in [0.2, 0.25) is 0 Å². The molecular formula is C11H22N2O2. The average molecular weight is 214 g/mol. The zero-order chi connectivity index (χ0) is 11.1. The molecule has 1 aliphatic rings. The molecule has 0 amide bonds. The Bertz CT molecular complexity index is 197. The first-order chi connectivity index (χ1) is 7.27. The minimum absolute atomic E-state index is 0.0938. The van der Waals surface area contributed by atoms with Gasteiger partial charge in [0.05, 0.1) is 13.3 Å². The summed E-state index contributed by atoms with van der Waals surface area (Å²) in [5.41, 5.74) is 3.32. The van der Waals surface area contributed by atoms with Crippen molar-refractivity contribution in [3.63, 3.8) is 0 Å². The van der Waals surface area contributed by atoms with Gasteiger partial charge in [0.1, 0.15) is 0 Å². The number of nitrogens with zero attached hydrogens (tertiary/aromatic N) is 1. The van der Waals surface area contributed by atoms with Crippen molar-refractivity contribution in [2.75, 3.05) is 13.7 Å². The van der Waals surface area contributed by atoms with Crippen LogP contribution < -0.4 is 5.43 Å². The van der Waals surface area contributed by atoms with Crippen molar-refractivity contribution in [3.8, 4) is 0 Å². The lowest BCUT2D eigenvalue weighted by Gasteiger charge is -2.01. The van der Waals surface area contributed by atoms with Crippen LogP contribution in [-0.2, 0) is 9.53 Å². The Hall–Kier alpha value is -0.610. The molecule has 4 heteroatoms. The van der Waals surface area contributed by atoms with Crippen molar-refractivity contribution in [2.45, 2.75) is 51.6 Å². The third-order valence-electron chi connectivity index (χ3n) is 2.69. The summed E-state index contributed by atoms with van der Waals surface area (Å²) in [5, 5.41) is 2.28. The molecule has 1 heterocycles. The molecule has 0 aromatic rings. The number of esters is 1. The molecule has 1 rings (SSSR count). The first-order valence-electron chi connectivity index (χ1n) is 5.87. The number of hydrogen-bond acceptors (Lipinski definition) is 4. The van der Waals surface area contributed by atoms with E-state index in [4.69, 9.17) is 0 Å². The smallest absolute Gasteiger partial charge is 0.305 e. The molecule has 0 bridgehead atoms. The monoisotopic (exact) mass is 214 g/mol. The normalized spacial score (nSPS) is 23.9. The second-order valence-electron chi connectivity index (χ2n) is 4.01. The molecule has 15 heavy (non-hydrogen) atoms. The van der Waals surface area contributed by atoms with E-state index in [-0.39, 0.29) is 5.97 Å². The number of carbonyl (C=O) groups is 1. The van der Waals surface area contributed by atoms with Gasteiger partial charge >= 0.3 is 5.97 Å². The molecule has 0 saturated carbocycles. The lowest BCUT2D eigenvalue weighted by Crippen LogP contribution is -2.05. The summed E-state index contributed by atoms with van der Waals surface area (Å²) >= 11 is 0. The molecule has 1 saturated heterocycles. The Balaban J connectivity index is 1.84. The topological polar surface area (TPSA) is 51.2 Å². The van der Waals surface area contributed by atoms with Gasteiger partial charge in [-0.25, -0.2) is 10.4 Å². The van der Waals surface area contributed by atoms with Crippen molar-refractivity contribution < 1.29 is 9.53 Å². The Kier molecular flexibility index (Phi) is 5.65. The lowest BCUT2D eigenvalue weighted by atomic mass is 10.2. The van der Waals surface area contributed by atoms with Gasteiger partial charge in [0, 0.05) is 13.0 Å². The lowest BCUT2D eigenvalue weighted by molar-refractivity contribution is -0.140. The Morgan fingerprint density at radius 1 is 1.40 bits per heavy atom. The molecular weight excluding hydrogens is 192 g/mol. The second-order valence-corrected chi connectivity index (χ2v) is 4.01. The van der Waals surface area contributed by atoms with Crippen LogP contribution in [0.5, 0.6) is 0 Å². The molecule has 1 N–H and O–H groups in total. The predicted octanol–water partition coefficient (Wildman–Crippen LogP) is 1.67. The molecule has 0 aromatic heterocycles. The summed E-state index contributed by atoms with van der Waals surface area (Å²) in [6.45, 7) is 3.31. The van der Waals surface area contributed by atoms with E-state index in [1.54, 1.807) is 0 Å². The van der Waals surface area contributed by atoms with Gasteiger partial charge in [-0.1, -0.05) is 19.8 Å². The van der Waals surface area contributed by atoms with Crippen LogP contribution in [0.4, 0.5) is 0 Å². The van der Waals surface area contributed by atoms with Crippen molar-refractivity contribution >= 4 is 5.97 Å². The van der Waals surface area contributed by atoms with E-state index in [1.807, 2.05) is 0 Å². The van der Waals surface area contributed by atoms with E-state index in [0.29, 0.717) is 12.6 Å². The van der Waals surface area contributed by atoms with Crippen molar-refractivity contribution in [2.24, 2.45) is 0 Å². The molecule has 0 aliphatic carbocycles. The van der Waals surface area contributed by atoms with E-state index < -0.39 is 0 Å². The van der Waals surface area contributed by atoms with Crippen molar-refractivity contribution in [1.82, 2.24) is 10.4 Å². The third-order valence-corrected chi connectivity index (χ3v) is 2.69. The largest absolute Gasteiger partial charge is 0.469 e. The number of unbranched alkanes of at least 4 members (excludes halogenated alkanes) is 2. The predicted molar refractivity (Wildman–Crippen MR) is 59.0 cm³/mol. The molecule has 1 aliphatic heterocycles. The van der Waals surface area contributed by atoms with Crippen LogP contribution in [-0.4, -0.2) is 30.8 Å². The fourth-order valence-corrected chi connectivity index (χ4v) is 1.70. The van der Waals surface area contributed by atoms with Crippen LogP contribution in [0.15, 0.2) is 0 Å². The first kappa shape index (κ1) is 12.5. The number of ether oxygens (including phenoxy) is 1. The van der Waals surface area contributed by atoms with Gasteiger partial charge in [0.15, 0.2) is 0 Å². The third kappa shape index (κ3) is 5.14. The van der Waals surface area contributed by atoms with E-state index >= 15 is 0 Å². The molecule has 0 aromatic carbocycles. The van der Waals surface area contributed by atoms with Crippen molar-refractivity contribution in [3.05, 3.63) is 0 Å². The fraction of sp³-hybridized carbons (Fsp3) is 0.909. The van der Waals surface area contributed by atoms with Gasteiger partial charge in [-0.15, -0.1) is 0 Å². The van der Waals surface area contributed by atoms with Gasteiger partial charge in [0.25, 0.3) is 0 Å². The molecule has 0 radical (unpaired) electrons. The summed E-state index contributed by atoms with van der Waals surface area (Å²) in [6, 6.07) is 0. The Labute approximate surface area is 91.9 Å². The minimum Gasteiger partial charge on any atom is -0.469 e. The molecule has 2 atom stereocenters. The Morgan fingerprint density at radius 2 is 2.20 bits per heavy atom. The molecule has 4 nitrogen and oxygen atoms in total. The number of rotatable bonds is 8. The van der Waals surface area contributed by atoms with E-state index in [0.717, 1.165) is 25.8 Å². The number of carbonyl (C=O) groups excluding carboxylic acids is 1. The highest BCUT2D eigenvalue weighted by molar-refractivity contribution is 5.68. The van der Waals surface area contributed by atoms with Crippen LogP contribution in [0.25, 0.3) is 0 Å².